The maximum Gasteiger partial charge on any atom is 0.189 e. The molecule has 4 aromatic rings. The first-order valence-electron chi connectivity index (χ1n) is 9.77. The molecule has 8 nitrogen and oxygen atoms in total. The van der Waals surface area contributed by atoms with Crippen LogP contribution < -0.4 is 25.8 Å². The summed E-state index contributed by atoms with van der Waals surface area (Å²) in [5.41, 5.74) is 10.0. The Balaban J connectivity index is 1.43. The van der Waals surface area contributed by atoms with E-state index in [4.69, 9.17) is 15.2 Å². The van der Waals surface area contributed by atoms with Gasteiger partial charge in [0.05, 0.1) is 24.4 Å². The van der Waals surface area contributed by atoms with E-state index in [9.17, 15) is 0 Å². The van der Waals surface area contributed by atoms with Gasteiger partial charge in [0.25, 0.3) is 0 Å². The molecule has 0 aliphatic carbocycles. The number of hydrogen-bond acceptors (Lipinski definition) is 9. The van der Waals surface area contributed by atoms with E-state index in [1.807, 2.05) is 30.3 Å². The van der Waals surface area contributed by atoms with Crippen molar-refractivity contribution < 1.29 is 9.47 Å². The number of nitrogens with zero attached hydrogens (tertiary/aromatic N) is 3. The van der Waals surface area contributed by atoms with E-state index >= 15 is 0 Å². The van der Waals surface area contributed by atoms with Crippen molar-refractivity contribution in [3.63, 3.8) is 0 Å². The molecule has 2 aromatic carbocycles. The molecule has 0 saturated carbocycles. The van der Waals surface area contributed by atoms with E-state index < -0.39 is 0 Å². The number of aromatic nitrogens is 3. The van der Waals surface area contributed by atoms with Crippen molar-refractivity contribution in [2.24, 2.45) is 0 Å². The third-order valence-electron chi connectivity index (χ3n) is 4.81. The molecule has 0 aliphatic heterocycles. The van der Waals surface area contributed by atoms with Gasteiger partial charge in [-0.2, -0.15) is 0 Å². The predicted molar refractivity (Wildman–Crippen MR) is 126 cm³/mol. The van der Waals surface area contributed by atoms with E-state index in [1.54, 1.807) is 25.6 Å². The van der Waals surface area contributed by atoms with Crippen LogP contribution in [0.3, 0.4) is 0 Å². The Labute approximate surface area is 184 Å². The predicted octanol–water partition coefficient (Wildman–Crippen LogP) is 4.39. The number of fused-ring (bicyclic) bond motifs is 1. The summed E-state index contributed by atoms with van der Waals surface area (Å²) >= 11 is 1.56. The quantitative estimate of drug-likeness (QED) is 0.373. The van der Waals surface area contributed by atoms with Gasteiger partial charge in [0.15, 0.2) is 28.3 Å². The molecule has 0 unspecified atom stereocenters. The smallest absolute Gasteiger partial charge is 0.189 e. The number of nitrogens with two attached hydrogens (primary N) is 1. The van der Waals surface area contributed by atoms with Gasteiger partial charge in [-0.1, -0.05) is 23.5 Å². The monoisotopic (exact) mass is 436 g/mol. The molecule has 31 heavy (non-hydrogen) atoms. The van der Waals surface area contributed by atoms with Gasteiger partial charge in [-0.3, -0.25) is 0 Å². The molecule has 0 saturated heterocycles. The summed E-state index contributed by atoms with van der Waals surface area (Å²) in [4.78, 5) is 13.2. The van der Waals surface area contributed by atoms with Gasteiger partial charge >= 0.3 is 0 Å². The number of nitrogen functional groups attached to an aromatic ring is 1. The zero-order valence-corrected chi connectivity index (χ0v) is 18.4. The lowest BCUT2D eigenvalue weighted by Crippen LogP contribution is -2.10. The zero-order chi connectivity index (χ0) is 21.8. The van der Waals surface area contributed by atoms with Crippen LogP contribution in [0.15, 0.2) is 42.7 Å². The van der Waals surface area contributed by atoms with Gasteiger partial charge in [0.2, 0.25) is 0 Å². The van der Waals surface area contributed by atoms with E-state index in [0.717, 1.165) is 27.3 Å². The first-order chi connectivity index (χ1) is 15.1. The molecule has 4 N–H and O–H groups in total. The molecule has 2 aromatic heterocycles. The van der Waals surface area contributed by atoms with Gasteiger partial charge in [-0.25, -0.2) is 15.0 Å². The van der Waals surface area contributed by atoms with Crippen LogP contribution in [-0.2, 0) is 6.42 Å². The number of methoxy groups -OCH3 is 2. The Morgan fingerprint density at radius 2 is 1.81 bits per heavy atom. The molecule has 160 valence electrons. The Bertz CT molecular complexity index is 1210. The van der Waals surface area contributed by atoms with Crippen molar-refractivity contribution in [3.05, 3.63) is 53.9 Å². The lowest BCUT2D eigenvalue weighted by atomic mass is 10.1. The zero-order valence-electron chi connectivity index (χ0n) is 17.6. The molecule has 0 amide bonds. The third-order valence-corrected chi connectivity index (χ3v) is 5.74. The number of anilines is 4. The van der Waals surface area contributed by atoms with E-state index in [2.05, 4.69) is 38.6 Å². The average Bonchev–Trinajstić information content (AvgIpc) is 3.17. The second-order valence-corrected chi connectivity index (χ2v) is 8.00. The minimum atomic E-state index is 0.449. The number of ether oxygens (including phenoxy) is 2. The van der Waals surface area contributed by atoms with E-state index in [1.165, 1.54) is 11.9 Å². The Kier molecular flexibility index (Phi) is 6.03. The van der Waals surface area contributed by atoms with Crippen molar-refractivity contribution >= 4 is 44.0 Å². The summed E-state index contributed by atoms with van der Waals surface area (Å²) < 4.78 is 11.8. The summed E-state index contributed by atoms with van der Waals surface area (Å²) in [7, 11) is 3.25. The number of aryl methyl sites for hydroxylation is 1. The Morgan fingerprint density at radius 3 is 2.61 bits per heavy atom. The number of nitrogens with one attached hydrogen (secondary N) is 2. The molecule has 0 fully saturated rings. The fourth-order valence-electron chi connectivity index (χ4n) is 3.18. The lowest BCUT2D eigenvalue weighted by molar-refractivity contribution is 0.354. The summed E-state index contributed by atoms with van der Waals surface area (Å²) in [5.74, 6) is 2.52. The lowest BCUT2D eigenvalue weighted by Gasteiger charge is -2.12. The summed E-state index contributed by atoms with van der Waals surface area (Å²) in [6.45, 7) is 2.71. The van der Waals surface area contributed by atoms with Crippen LogP contribution in [0, 0.1) is 6.92 Å². The largest absolute Gasteiger partial charge is 0.493 e. The Morgan fingerprint density at radius 1 is 1.00 bits per heavy atom. The molecule has 0 aliphatic rings. The Hall–Kier alpha value is -3.59. The van der Waals surface area contributed by atoms with Gasteiger partial charge in [-0.15, -0.1) is 0 Å². The highest BCUT2D eigenvalue weighted by Crippen LogP contribution is 2.32. The number of hydrogen-bond donors (Lipinski definition) is 3. The maximum absolute atomic E-state index is 6.30. The van der Waals surface area contributed by atoms with Crippen molar-refractivity contribution in [2.75, 3.05) is 37.1 Å². The molecule has 0 radical (unpaired) electrons. The van der Waals surface area contributed by atoms with E-state index in [-0.39, 0.29) is 0 Å². The molecular formula is C22H24N6O2S. The SMILES string of the molecule is COc1ccc(CCNc2ncnc(Nc3nc4ccc(C)cc4s3)c2N)cc1OC. The van der Waals surface area contributed by atoms with Crippen LogP contribution in [0.2, 0.25) is 0 Å². The van der Waals surface area contributed by atoms with Crippen LogP contribution in [0.4, 0.5) is 22.5 Å². The second-order valence-electron chi connectivity index (χ2n) is 6.97. The molecule has 0 atom stereocenters. The third kappa shape index (κ3) is 4.61. The van der Waals surface area contributed by atoms with Crippen LogP contribution in [0.25, 0.3) is 10.2 Å². The molecule has 0 spiro atoms. The van der Waals surface area contributed by atoms with E-state index in [0.29, 0.717) is 35.4 Å². The standard InChI is InChI=1S/C22H24N6O2S/c1-13-4-6-15-18(10-13)31-22(27-15)28-21-19(23)20(25-12-26-21)24-9-8-14-5-7-16(29-2)17(11-14)30-3/h4-7,10-12H,8-9,23H2,1-3H3,(H2,24,25,26,27,28). The first-order valence-corrected chi connectivity index (χ1v) is 10.6. The highest BCUT2D eigenvalue weighted by atomic mass is 32.1. The number of benzene rings is 2. The van der Waals surface area contributed by atoms with Gasteiger partial charge in [0.1, 0.15) is 12.0 Å². The number of rotatable bonds is 8. The molecular weight excluding hydrogens is 412 g/mol. The summed E-state index contributed by atoms with van der Waals surface area (Å²) in [6.07, 6.45) is 2.25. The fourth-order valence-corrected chi connectivity index (χ4v) is 4.15. The maximum atomic E-state index is 6.30. The van der Waals surface area contributed by atoms with Crippen LogP contribution in [-0.4, -0.2) is 35.7 Å². The van der Waals surface area contributed by atoms with Crippen molar-refractivity contribution in [2.45, 2.75) is 13.3 Å². The van der Waals surface area contributed by atoms with Gasteiger partial charge in [0, 0.05) is 6.54 Å². The molecule has 9 heteroatoms. The van der Waals surface area contributed by atoms with Crippen molar-refractivity contribution in [1.82, 2.24) is 15.0 Å². The van der Waals surface area contributed by atoms with Crippen LogP contribution in [0.5, 0.6) is 11.5 Å². The normalized spacial score (nSPS) is 10.8. The van der Waals surface area contributed by atoms with Crippen LogP contribution in [0.1, 0.15) is 11.1 Å². The van der Waals surface area contributed by atoms with Crippen LogP contribution >= 0.6 is 11.3 Å². The minimum Gasteiger partial charge on any atom is -0.493 e. The number of thiazole rings is 1. The highest BCUT2D eigenvalue weighted by Gasteiger charge is 2.11. The first kappa shape index (κ1) is 20.7. The molecule has 2 heterocycles. The average molecular weight is 437 g/mol. The van der Waals surface area contributed by atoms with Crippen molar-refractivity contribution in [3.8, 4) is 11.5 Å². The molecule has 4 rings (SSSR count). The summed E-state index contributed by atoms with van der Waals surface area (Å²) in [6, 6.07) is 12.0. The van der Waals surface area contributed by atoms with Crippen molar-refractivity contribution in [1.29, 1.82) is 0 Å². The topological polar surface area (TPSA) is 107 Å². The second kappa shape index (κ2) is 9.05. The fraction of sp³-hybridized carbons (Fsp3) is 0.227. The highest BCUT2D eigenvalue weighted by molar-refractivity contribution is 7.22. The van der Waals surface area contributed by atoms with Gasteiger partial charge < -0.3 is 25.8 Å². The summed E-state index contributed by atoms with van der Waals surface area (Å²) in [5, 5.41) is 7.24. The van der Waals surface area contributed by atoms with Gasteiger partial charge in [-0.05, 0) is 48.7 Å². The minimum absolute atomic E-state index is 0.449. The molecule has 0 bridgehead atoms.